The van der Waals surface area contributed by atoms with Crippen LogP contribution in [-0.2, 0) is 0 Å². The van der Waals surface area contributed by atoms with Crippen molar-refractivity contribution < 1.29 is 14.3 Å². The highest BCUT2D eigenvalue weighted by Gasteiger charge is 2.32. The molecule has 0 aromatic heterocycles. The van der Waals surface area contributed by atoms with E-state index in [1.807, 2.05) is 0 Å². The summed E-state index contributed by atoms with van der Waals surface area (Å²) >= 11 is 0. The second kappa shape index (κ2) is 7.91. The predicted octanol–water partition coefficient (Wildman–Crippen LogP) is 6.70. The van der Waals surface area contributed by atoms with Gasteiger partial charge in [0.05, 0.1) is 8.80 Å². The third kappa shape index (κ3) is 4.23. The lowest BCUT2D eigenvalue weighted by atomic mass is 9.86. The third-order valence-electron chi connectivity index (χ3n) is 5.37. The van der Waals surface area contributed by atoms with Crippen LogP contribution >= 0.6 is 0 Å². The van der Waals surface area contributed by atoms with E-state index in [2.05, 4.69) is 6.92 Å². The smallest absolute Gasteiger partial charge is 0.159 e. The molecule has 0 spiro atoms. The van der Waals surface area contributed by atoms with Crippen molar-refractivity contribution in [2.75, 3.05) is 0 Å². The lowest BCUT2D eigenvalue weighted by Gasteiger charge is -2.37. The van der Waals surface area contributed by atoms with Gasteiger partial charge in [-0.05, 0) is 47.9 Å². The topological polar surface area (TPSA) is 0 Å². The zero-order valence-electron chi connectivity index (χ0n) is 17.9. The van der Waals surface area contributed by atoms with Crippen LogP contribution in [0.3, 0.4) is 0 Å². The average Bonchev–Trinajstić information content (AvgIpc) is 2.56. The lowest BCUT2D eigenvalue weighted by molar-refractivity contribution is 0.332. The minimum atomic E-state index is -1.44. The molecular formula is C20H29F2Si. The van der Waals surface area contributed by atoms with Gasteiger partial charge < -0.3 is 0 Å². The first-order chi connectivity index (χ1) is 12.6. The van der Waals surface area contributed by atoms with E-state index < -0.39 is 38.7 Å². The normalized spacial score (nSPS) is 34.2. The van der Waals surface area contributed by atoms with E-state index in [1.165, 1.54) is 12.1 Å². The van der Waals surface area contributed by atoms with E-state index in [9.17, 15) is 8.78 Å². The van der Waals surface area contributed by atoms with Gasteiger partial charge in [-0.3, -0.25) is 0 Å². The minimum absolute atomic E-state index is 0.136. The van der Waals surface area contributed by atoms with E-state index in [0.29, 0.717) is 12.8 Å². The van der Waals surface area contributed by atoms with Gasteiger partial charge in [0.2, 0.25) is 0 Å². The molecule has 1 aliphatic heterocycles. The number of halogens is 2. The Kier molecular flexibility index (Phi) is 4.35. The van der Waals surface area contributed by atoms with Crippen molar-refractivity contribution in [1.82, 2.24) is 0 Å². The van der Waals surface area contributed by atoms with Crippen LogP contribution in [0.4, 0.5) is 8.78 Å². The van der Waals surface area contributed by atoms with Gasteiger partial charge in [-0.25, -0.2) is 8.78 Å². The first-order valence-electron chi connectivity index (χ1n) is 10.9. The Morgan fingerprint density at radius 3 is 2.39 bits per heavy atom. The van der Waals surface area contributed by atoms with Gasteiger partial charge in [-0.15, -0.1) is 0 Å². The Bertz CT molecular complexity index is 641. The average molecular weight is 340 g/mol. The standard InChI is InChI=1S/C20H29F2Si/c1-2-3-15-4-7-18(8-5-15)23-12-10-16(11-13-23)17-6-9-19(21)20(22)14-17/h6,9,14-16,18H,2-5,7-8,10-13H2,1H3/i7D2,8D2. The summed E-state index contributed by atoms with van der Waals surface area (Å²) in [6.07, 6.45) is 1.58. The Balaban J connectivity index is 1.70. The van der Waals surface area contributed by atoms with Gasteiger partial charge in [-0.1, -0.05) is 63.5 Å². The summed E-state index contributed by atoms with van der Waals surface area (Å²) in [5.74, 6) is -1.34. The highest BCUT2D eigenvalue weighted by molar-refractivity contribution is 6.60. The highest BCUT2D eigenvalue weighted by atomic mass is 28.3. The molecule has 0 atom stereocenters. The Hall–Kier alpha value is -0.703. The van der Waals surface area contributed by atoms with Crippen LogP contribution in [0.1, 0.15) is 75.2 Å². The van der Waals surface area contributed by atoms with Crippen molar-refractivity contribution in [3.63, 3.8) is 0 Å². The zero-order chi connectivity index (χ0) is 19.8. The summed E-state index contributed by atoms with van der Waals surface area (Å²) < 4.78 is 61.2. The van der Waals surface area contributed by atoms with Gasteiger partial charge in [-0.2, -0.15) is 0 Å². The molecule has 3 rings (SSSR count). The molecule has 1 aliphatic carbocycles. The fourth-order valence-electron chi connectivity index (χ4n) is 3.99. The van der Waals surface area contributed by atoms with Crippen molar-refractivity contribution in [3.05, 3.63) is 35.4 Å². The molecular weight excluding hydrogens is 306 g/mol. The molecule has 0 nitrogen and oxygen atoms in total. The molecule has 2 fully saturated rings. The van der Waals surface area contributed by atoms with E-state index in [1.54, 1.807) is 6.07 Å². The third-order valence-corrected chi connectivity index (χ3v) is 8.46. The summed E-state index contributed by atoms with van der Waals surface area (Å²) in [6, 6.07) is 5.80. The van der Waals surface area contributed by atoms with Gasteiger partial charge in [0.15, 0.2) is 11.6 Å². The van der Waals surface area contributed by atoms with Crippen molar-refractivity contribution in [1.29, 1.82) is 0 Å². The Labute approximate surface area is 146 Å². The van der Waals surface area contributed by atoms with E-state index >= 15 is 0 Å². The summed E-state index contributed by atoms with van der Waals surface area (Å²) in [6.45, 7) is 2.07. The number of benzene rings is 1. The van der Waals surface area contributed by atoms with Crippen LogP contribution in [0, 0.1) is 17.6 Å². The van der Waals surface area contributed by atoms with Crippen LogP contribution < -0.4 is 0 Å². The molecule has 2 aliphatic rings. The van der Waals surface area contributed by atoms with Crippen LogP contribution in [0.5, 0.6) is 0 Å². The molecule has 1 radical (unpaired) electrons. The molecule has 0 bridgehead atoms. The van der Waals surface area contributed by atoms with Crippen molar-refractivity contribution in [2.24, 2.45) is 5.92 Å². The minimum Gasteiger partial charge on any atom is -0.204 e. The van der Waals surface area contributed by atoms with E-state index in [-0.39, 0.29) is 11.8 Å². The Morgan fingerprint density at radius 2 is 1.78 bits per heavy atom. The summed E-state index contributed by atoms with van der Waals surface area (Å²) in [7, 11) is -1.17. The number of hydrogen-bond donors (Lipinski definition) is 0. The molecule has 1 aromatic rings. The second-order valence-electron chi connectivity index (χ2n) is 7.01. The quantitative estimate of drug-likeness (QED) is 0.536. The molecule has 1 saturated heterocycles. The molecule has 0 unspecified atom stereocenters. The monoisotopic (exact) mass is 339 g/mol. The summed E-state index contributed by atoms with van der Waals surface area (Å²) in [5.41, 5.74) is 0.335. The van der Waals surface area contributed by atoms with Crippen LogP contribution in [0.25, 0.3) is 0 Å². The van der Waals surface area contributed by atoms with Crippen LogP contribution in [0.15, 0.2) is 18.2 Å². The second-order valence-corrected chi connectivity index (χ2v) is 9.90. The molecule has 1 heterocycles. The lowest BCUT2D eigenvalue weighted by Crippen LogP contribution is -2.29. The van der Waals surface area contributed by atoms with Gasteiger partial charge in [0.1, 0.15) is 0 Å². The van der Waals surface area contributed by atoms with E-state index in [0.717, 1.165) is 43.3 Å². The van der Waals surface area contributed by atoms with Crippen molar-refractivity contribution in [3.8, 4) is 0 Å². The fraction of sp³-hybridized carbons (Fsp3) is 0.700. The highest BCUT2D eigenvalue weighted by Crippen LogP contribution is 2.43. The number of rotatable bonds is 4. The number of hydrogen-bond acceptors (Lipinski definition) is 0. The SMILES string of the molecule is [2H]C1([2H])CC(CCC)CC([2H])([2H])C1[Si]1CCC(c2ccc(F)c(F)c2)CC1. The summed E-state index contributed by atoms with van der Waals surface area (Å²) in [5, 5.41) is 0. The van der Waals surface area contributed by atoms with Crippen LogP contribution in [0.2, 0.25) is 17.6 Å². The van der Waals surface area contributed by atoms with Crippen molar-refractivity contribution in [2.45, 2.75) is 81.7 Å². The summed E-state index contributed by atoms with van der Waals surface area (Å²) in [4.78, 5) is 0. The predicted molar refractivity (Wildman–Crippen MR) is 94.3 cm³/mol. The molecule has 1 aromatic carbocycles. The van der Waals surface area contributed by atoms with Gasteiger partial charge in [0.25, 0.3) is 0 Å². The maximum Gasteiger partial charge on any atom is 0.159 e. The molecule has 3 heteroatoms. The maximum atomic E-state index is 13.5. The molecule has 23 heavy (non-hydrogen) atoms. The first-order valence-corrected chi connectivity index (χ1v) is 10.9. The van der Waals surface area contributed by atoms with Crippen molar-refractivity contribution >= 4 is 8.80 Å². The molecule has 0 amide bonds. The molecule has 127 valence electrons. The van der Waals surface area contributed by atoms with Gasteiger partial charge in [0, 0.05) is 5.48 Å². The van der Waals surface area contributed by atoms with E-state index in [4.69, 9.17) is 5.48 Å². The maximum absolute atomic E-state index is 13.5. The van der Waals surface area contributed by atoms with Crippen LogP contribution in [-0.4, -0.2) is 8.80 Å². The molecule has 1 saturated carbocycles. The fourth-order valence-corrected chi connectivity index (χ4v) is 7.07. The molecule has 0 N–H and O–H groups in total. The first kappa shape index (κ1) is 12.6. The van der Waals surface area contributed by atoms with Gasteiger partial charge >= 0.3 is 0 Å². The Morgan fingerprint density at radius 1 is 1.09 bits per heavy atom. The zero-order valence-corrected chi connectivity index (χ0v) is 14.9. The largest absolute Gasteiger partial charge is 0.204 e.